The lowest BCUT2D eigenvalue weighted by Crippen LogP contribution is -2.01. The van der Waals surface area contributed by atoms with Gasteiger partial charge in [0, 0.05) is 15.5 Å². The summed E-state index contributed by atoms with van der Waals surface area (Å²) in [6.07, 6.45) is -0.148. The average molecular weight is 417 g/mol. The Labute approximate surface area is 173 Å². The molecule has 1 aromatic heterocycles. The van der Waals surface area contributed by atoms with Crippen LogP contribution in [0.1, 0.15) is 34.6 Å². The summed E-state index contributed by atoms with van der Waals surface area (Å²) < 4.78 is 5.10. The van der Waals surface area contributed by atoms with Gasteiger partial charge >= 0.3 is 5.97 Å². The maximum absolute atomic E-state index is 12.8. The highest BCUT2D eigenvalue weighted by Gasteiger charge is 2.19. The topological polar surface area (TPSA) is 63.6 Å². The predicted molar refractivity (Wildman–Crippen MR) is 114 cm³/mol. The Morgan fingerprint density at radius 1 is 1.04 bits per heavy atom. The van der Waals surface area contributed by atoms with Gasteiger partial charge in [0.25, 0.3) is 0 Å². The van der Waals surface area contributed by atoms with E-state index in [1.807, 2.05) is 26.0 Å². The molecule has 0 aliphatic heterocycles. The largest absolute Gasteiger partial charge is 0.497 e. The molecular formula is C22H21ClO4S. The number of ketones is 1. The van der Waals surface area contributed by atoms with E-state index in [-0.39, 0.29) is 12.2 Å². The van der Waals surface area contributed by atoms with Crippen molar-refractivity contribution in [3.63, 3.8) is 0 Å². The zero-order valence-electron chi connectivity index (χ0n) is 15.9. The number of aliphatic carboxylic acids is 1. The van der Waals surface area contributed by atoms with Crippen LogP contribution in [0.2, 0.25) is 5.02 Å². The molecule has 0 aliphatic carbocycles. The Balaban J connectivity index is 0.00000136. The highest BCUT2D eigenvalue weighted by atomic mass is 35.5. The molecule has 0 spiro atoms. The third kappa shape index (κ3) is 5.21. The Morgan fingerprint density at radius 3 is 2.18 bits per heavy atom. The molecule has 0 fully saturated rings. The fourth-order valence-corrected chi connectivity index (χ4v) is 3.84. The van der Waals surface area contributed by atoms with Crippen molar-refractivity contribution in [2.24, 2.45) is 0 Å². The summed E-state index contributed by atoms with van der Waals surface area (Å²) in [5.74, 6) is -0.424. The first-order valence-electron chi connectivity index (χ1n) is 8.77. The second-order valence-corrected chi connectivity index (χ2v) is 7.09. The smallest absolute Gasteiger partial charge is 0.307 e. The summed E-state index contributed by atoms with van der Waals surface area (Å²) in [6.45, 7) is 4.00. The Hall–Kier alpha value is -2.63. The molecule has 0 saturated carbocycles. The first kappa shape index (κ1) is 21.7. The van der Waals surface area contributed by atoms with Crippen LogP contribution >= 0.6 is 22.9 Å². The van der Waals surface area contributed by atoms with Crippen LogP contribution in [0.15, 0.2) is 54.6 Å². The molecule has 1 heterocycles. The zero-order chi connectivity index (χ0) is 20.7. The van der Waals surface area contributed by atoms with Gasteiger partial charge in [-0.1, -0.05) is 37.6 Å². The van der Waals surface area contributed by atoms with E-state index >= 15 is 0 Å². The predicted octanol–water partition coefficient (Wildman–Crippen LogP) is 5.96. The molecule has 0 unspecified atom stereocenters. The number of hydrogen-bond acceptors (Lipinski definition) is 4. The maximum atomic E-state index is 12.8. The quantitative estimate of drug-likeness (QED) is 0.503. The second kappa shape index (κ2) is 10.1. The van der Waals surface area contributed by atoms with Crippen molar-refractivity contribution in [3.8, 4) is 16.2 Å². The van der Waals surface area contributed by atoms with Crippen LogP contribution in [0.3, 0.4) is 0 Å². The Kier molecular flexibility index (Phi) is 7.79. The van der Waals surface area contributed by atoms with Crippen LogP contribution in [0, 0.1) is 0 Å². The van der Waals surface area contributed by atoms with Crippen molar-refractivity contribution in [1.82, 2.24) is 0 Å². The number of benzene rings is 2. The third-order valence-corrected chi connectivity index (χ3v) is 5.31. The first-order valence-corrected chi connectivity index (χ1v) is 9.96. The average Bonchev–Trinajstić information content (AvgIpc) is 3.12. The number of thiophene rings is 1. The van der Waals surface area contributed by atoms with Crippen LogP contribution in [0.25, 0.3) is 10.4 Å². The van der Waals surface area contributed by atoms with E-state index in [9.17, 15) is 14.7 Å². The van der Waals surface area contributed by atoms with Crippen LogP contribution in [0.4, 0.5) is 0 Å². The molecular weight excluding hydrogens is 396 g/mol. The highest BCUT2D eigenvalue weighted by Crippen LogP contribution is 2.35. The summed E-state index contributed by atoms with van der Waals surface area (Å²) in [5, 5.41) is 9.79. The third-order valence-electron chi connectivity index (χ3n) is 3.83. The van der Waals surface area contributed by atoms with Gasteiger partial charge in [0.1, 0.15) is 5.75 Å². The Morgan fingerprint density at radius 2 is 1.64 bits per heavy atom. The van der Waals surface area contributed by atoms with E-state index in [2.05, 4.69) is 0 Å². The molecule has 28 heavy (non-hydrogen) atoms. The number of carboxylic acid groups (broad SMARTS) is 1. The van der Waals surface area contributed by atoms with Gasteiger partial charge in [-0.2, -0.15) is 0 Å². The fourth-order valence-electron chi connectivity index (χ4n) is 2.57. The lowest BCUT2D eigenvalue weighted by Gasteiger charge is -2.02. The van der Waals surface area contributed by atoms with Crippen molar-refractivity contribution in [2.45, 2.75) is 20.3 Å². The standard InChI is InChI=1S/C20H15ClO4S.C2H6/c1-25-16-8-4-12(5-9-16)19(24)17-10-14(11-18(22)23)20(26-17)13-2-6-15(21)7-3-13;1-2/h2-10H,11H2,1H3,(H,22,23);1-2H3. The summed E-state index contributed by atoms with van der Waals surface area (Å²) in [4.78, 5) is 25.3. The number of ether oxygens (including phenoxy) is 1. The normalized spacial score (nSPS) is 10.0. The lowest BCUT2D eigenvalue weighted by molar-refractivity contribution is -0.136. The summed E-state index contributed by atoms with van der Waals surface area (Å²) in [6, 6.07) is 15.6. The minimum atomic E-state index is -0.943. The molecule has 3 aromatic rings. The number of halogens is 1. The van der Waals surface area contributed by atoms with Crippen molar-refractivity contribution >= 4 is 34.7 Å². The lowest BCUT2D eigenvalue weighted by atomic mass is 10.0. The number of carboxylic acids is 1. The maximum Gasteiger partial charge on any atom is 0.307 e. The van der Waals surface area contributed by atoms with E-state index in [1.54, 1.807) is 49.6 Å². The molecule has 0 bridgehead atoms. The van der Waals surface area contributed by atoms with E-state index in [1.165, 1.54) is 11.3 Å². The molecule has 3 rings (SSSR count). The fraction of sp³-hybridized carbons (Fsp3) is 0.182. The molecule has 4 nitrogen and oxygen atoms in total. The minimum absolute atomic E-state index is 0.148. The summed E-state index contributed by atoms with van der Waals surface area (Å²) in [5.41, 5.74) is 1.97. The van der Waals surface area contributed by atoms with Crippen LogP contribution in [0.5, 0.6) is 5.75 Å². The molecule has 0 aliphatic rings. The van der Waals surface area contributed by atoms with Gasteiger partial charge in [-0.05, 0) is 53.6 Å². The minimum Gasteiger partial charge on any atom is -0.497 e. The van der Waals surface area contributed by atoms with Gasteiger partial charge in [-0.3, -0.25) is 9.59 Å². The van der Waals surface area contributed by atoms with Crippen molar-refractivity contribution in [2.75, 3.05) is 7.11 Å². The number of hydrogen-bond donors (Lipinski definition) is 1. The van der Waals surface area contributed by atoms with Crippen molar-refractivity contribution in [3.05, 3.63) is 75.6 Å². The molecule has 0 amide bonds. The van der Waals surface area contributed by atoms with Crippen molar-refractivity contribution < 1.29 is 19.4 Å². The molecule has 2 aromatic carbocycles. The van der Waals surface area contributed by atoms with Gasteiger partial charge in [0.2, 0.25) is 5.78 Å². The zero-order valence-corrected chi connectivity index (χ0v) is 17.4. The van der Waals surface area contributed by atoms with Crippen LogP contribution < -0.4 is 4.74 Å². The van der Waals surface area contributed by atoms with Gasteiger partial charge in [-0.15, -0.1) is 11.3 Å². The number of methoxy groups -OCH3 is 1. The Bertz CT molecular complexity index is 944. The van der Waals surface area contributed by atoms with E-state index in [0.29, 0.717) is 26.8 Å². The molecule has 0 saturated heterocycles. The van der Waals surface area contributed by atoms with Gasteiger partial charge in [-0.25, -0.2) is 0 Å². The second-order valence-electron chi connectivity index (χ2n) is 5.60. The van der Waals surface area contributed by atoms with E-state index < -0.39 is 5.97 Å². The highest BCUT2D eigenvalue weighted by molar-refractivity contribution is 7.17. The van der Waals surface area contributed by atoms with Crippen LogP contribution in [-0.4, -0.2) is 24.0 Å². The molecule has 0 atom stereocenters. The molecule has 146 valence electrons. The molecule has 1 N–H and O–H groups in total. The van der Waals surface area contributed by atoms with Gasteiger partial charge in [0.15, 0.2) is 0 Å². The van der Waals surface area contributed by atoms with Gasteiger partial charge in [0.05, 0.1) is 18.4 Å². The number of carbonyl (C=O) groups excluding carboxylic acids is 1. The van der Waals surface area contributed by atoms with Crippen molar-refractivity contribution in [1.29, 1.82) is 0 Å². The van der Waals surface area contributed by atoms with Gasteiger partial charge < -0.3 is 9.84 Å². The number of carbonyl (C=O) groups is 2. The molecule has 6 heteroatoms. The van der Waals surface area contributed by atoms with E-state index in [4.69, 9.17) is 16.3 Å². The molecule has 0 radical (unpaired) electrons. The first-order chi connectivity index (χ1) is 13.5. The number of rotatable bonds is 6. The monoisotopic (exact) mass is 416 g/mol. The van der Waals surface area contributed by atoms with Crippen LogP contribution in [-0.2, 0) is 11.2 Å². The van der Waals surface area contributed by atoms with E-state index in [0.717, 1.165) is 10.4 Å². The SMILES string of the molecule is CC.COc1ccc(C(=O)c2cc(CC(=O)O)c(-c3ccc(Cl)cc3)s2)cc1. The summed E-state index contributed by atoms with van der Waals surface area (Å²) in [7, 11) is 1.56. The summed E-state index contributed by atoms with van der Waals surface area (Å²) >= 11 is 7.21.